The van der Waals surface area contributed by atoms with Gasteiger partial charge in [0.15, 0.2) is 11.5 Å². The van der Waals surface area contributed by atoms with Gasteiger partial charge in [-0.1, -0.05) is 47.5 Å². The van der Waals surface area contributed by atoms with Gasteiger partial charge in [0, 0.05) is 12.6 Å². The summed E-state index contributed by atoms with van der Waals surface area (Å²) in [5, 5.41) is 2.85. The first kappa shape index (κ1) is 26.1. The molecule has 3 rings (SSSR count). The maximum absolute atomic E-state index is 13.6. The molecule has 8 heteroatoms. The van der Waals surface area contributed by atoms with Crippen molar-refractivity contribution >= 4 is 21.6 Å². The van der Waals surface area contributed by atoms with Crippen LogP contribution in [0, 0.1) is 13.8 Å². The minimum Gasteiger partial charge on any atom is -0.493 e. The summed E-state index contributed by atoms with van der Waals surface area (Å²) in [5.41, 5.74) is 3.79. The fraction of sp³-hybridized carbons (Fsp3) is 0.296. The van der Waals surface area contributed by atoms with Crippen LogP contribution >= 0.6 is 0 Å². The van der Waals surface area contributed by atoms with E-state index in [2.05, 4.69) is 17.4 Å². The van der Waals surface area contributed by atoms with Gasteiger partial charge in [0.05, 0.1) is 24.8 Å². The summed E-state index contributed by atoms with van der Waals surface area (Å²) < 4.78 is 38.8. The summed E-state index contributed by atoms with van der Waals surface area (Å²) in [5.74, 6) is 0.330. The molecule has 3 aromatic carbocycles. The molecule has 0 aliphatic heterocycles. The van der Waals surface area contributed by atoms with Crippen molar-refractivity contribution in [1.29, 1.82) is 0 Å². The number of benzene rings is 3. The van der Waals surface area contributed by atoms with Gasteiger partial charge in [0.1, 0.15) is 6.54 Å². The highest BCUT2D eigenvalue weighted by Gasteiger charge is 2.28. The maximum atomic E-state index is 13.6. The number of methoxy groups -OCH3 is 2. The van der Waals surface area contributed by atoms with Crippen molar-refractivity contribution < 1.29 is 22.7 Å². The number of ether oxygens (including phenoxy) is 2. The fourth-order valence-electron chi connectivity index (χ4n) is 3.70. The van der Waals surface area contributed by atoms with Gasteiger partial charge < -0.3 is 14.8 Å². The molecule has 0 atom stereocenters. The molecule has 0 fully saturated rings. The summed E-state index contributed by atoms with van der Waals surface area (Å²) >= 11 is 0. The molecule has 1 amide bonds. The SMILES string of the molecule is COc1ccc(S(=O)(=O)N(CC(=O)NCCCc2cccc(C)c2)c2ccc(C)cc2)cc1OC. The lowest BCUT2D eigenvalue weighted by molar-refractivity contribution is -0.119. The quantitative estimate of drug-likeness (QED) is 0.401. The van der Waals surface area contributed by atoms with Crippen LogP contribution in [0.25, 0.3) is 0 Å². The molecule has 0 saturated heterocycles. The summed E-state index contributed by atoms with van der Waals surface area (Å²) in [6.45, 7) is 4.07. The number of amides is 1. The molecule has 1 N–H and O–H groups in total. The zero-order valence-electron chi connectivity index (χ0n) is 20.6. The van der Waals surface area contributed by atoms with Gasteiger partial charge in [-0.15, -0.1) is 0 Å². The highest BCUT2D eigenvalue weighted by molar-refractivity contribution is 7.92. The van der Waals surface area contributed by atoms with E-state index >= 15 is 0 Å². The van der Waals surface area contributed by atoms with Crippen LogP contribution in [-0.4, -0.2) is 41.6 Å². The van der Waals surface area contributed by atoms with Crippen molar-refractivity contribution in [2.45, 2.75) is 31.6 Å². The first-order chi connectivity index (χ1) is 16.7. The predicted octanol–water partition coefficient (Wildman–Crippen LogP) is 4.26. The highest BCUT2D eigenvalue weighted by Crippen LogP contribution is 2.32. The number of rotatable bonds is 11. The number of hydrogen-bond acceptors (Lipinski definition) is 5. The van der Waals surface area contributed by atoms with E-state index in [1.54, 1.807) is 12.1 Å². The Morgan fingerprint density at radius 2 is 1.60 bits per heavy atom. The van der Waals surface area contributed by atoms with Crippen LogP contribution in [0.4, 0.5) is 5.69 Å². The maximum Gasteiger partial charge on any atom is 0.264 e. The van der Waals surface area contributed by atoms with E-state index in [-0.39, 0.29) is 23.1 Å². The van der Waals surface area contributed by atoms with Crippen molar-refractivity contribution in [3.05, 3.63) is 83.4 Å². The predicted molar refractivity (Wildman–Crippen MR) is 138 cm³/mol. The minimum atomic E-state index is -4.06. The zero-order valence-corrected chi connectivity index (χ0v) is 21.4. The molecule has 186 valence electrons. The zero-order chi connectivity index (χ0) is 25.4. The van der Waals surface area contributed by atoms with Crippen LogP contribution in [0.3, 0.4) is 0 Å². The molecule has 0 unspecified atom stereocenters. The Kier molecular flexibility index (Phi) is 8.76. The van der Waals surface area contributed by atoms with Gasteiger partial charge in [-0.3, -0.25) is 9.10 Å². The van der Waals surface area contributed by atoms with Gasteiger partial charge in [-0.25, -0.2) is 8.42 Å². The molecule has 0 spiro atoms. The van der Waals surface area contributed by atoms with Gasteiger partial charge in [-0.2, -0.15) is 0 Å². The molecule has 0 heterocycles. The monoisotopic (exact) mass is 496 g/mol. The smallest absolute Gasteiger partial charge is 0.264 e. The Hall–Kier alpha value is -3.52. The average molecular weight is 497 g/mol. The number of nitrogens with zero attached hydrogens (tertiary/aromatic N) is 1. The first-order valence-corrected chi connectivity index (χ1v) is 12.8. The number of nitrogens with one attached hydrogen (secondary N) is 1. The molecule has 35 heavy (non-hydrogen) atoms. The molecular weight excluding hydrogens is 464 g/mol. The number of sulfonamides is 1. The Balaban J connectivity index is 1.77. The van der Waals surface area contributed by atoms with Crippen molar-refractivity contribution in [3.63, 3.8) is 0 Å². The van der Waals surface area contributed by atoms with E-state index in [9.17, 15) is 13.2 Å². The molecular formula is C27H32N2O5S. The van der Waals surface area contributed by atoms with E-state index in [1.807, 2.05) is 38.1 Å². The second-order valence-corrected chi connectivity index (χ2v) is 10.2. The lowest BCUT2D eigenvalue weighted by Crippen LogP contribution is -2.41. The van der Waals surface area contributed by atoms with Crippen LogP contribution < -0.4 is 19.1 Å². The molecule has 0 radical (unpaired) electrons. The third-order valence-corrected chi connectivity index (χ3v) is 7.37. The average Bonchev–Trinajstić information content (AvgIpc) is 2.85. The molecule has 0 bridgehead atoms. The standard InChI is InChI=1S/C27H32N2O5S/c1-20-10-12-23(13-11-20)29(35(31,32)24-14-15-25(33-3)26(18-24)34-4)19-27(30)28-16-6-9-22-8-5-7-21(2)17-22/h5,7-8,10-15,17-18H,6,9,16,19H2,1-4H3,(H,28,30). The first-order valence-electron chi connectivity index (χ1n) is 11.4. The molecule has 0 aliphatic rings. The Labute approximate surface area is 207 Å². The lowest BCUT2D eigenvalue weighted by Gasteiger charge is -2.24. The van der Waals surface area contributed by atoms with Gasteiger partial charge >= 0.3 is 0 Å². The minimum absolute atomic E-state index is 0.00275. The summed E-state index contributed by atoms with van der Waals surface area (Å²) in [4.78, 5) is 12.8. The Morgan fingerprint density at radius 3 is 2.26 bits per heavy atom. The van der Waals surface area contributed by atoms with Crippen LogP contribution in [0.1, 0.15) is 23.1 Å². The Morgan fingerprint density at radius 1 is 0.886 bits per heavy atom. The highest BCUT2D eigenvalue weighted by atomic mass is 32.2. The van der Waals surface area contributed by atoms with E-state index < -0.39 is 10.0 Å². The largest absolute Gasteiger partial charge is 0.493 e. The number of aryl methyl sites for hydroxylation is 3. The number of anilines is 1. The van der Waals surface area contributed by atoms with Crippen LogP contribution in [-0.2, 0) is 21.2 Å². The molecule has 3 aromatic rings. The fourth-order valence-corrected chi connectivity index (χ4v) is 5.14. The van der Waals surface area contributed by atoms with Gasteiger partial charge in [0.2, 0.25) is 5.91 Å². The van der Waals surface area contributed by atoms with Crippen LogP contribution in [0.2, 0.25) is 0 Å². The summed E-state index contributed by atoms with van der Waals surface area (Å²) in [6, 6.07) is 19.6. The van der Waals surface area contributed by atoms with Crippen LogP contribution in [0.5, 0.6) is 11.5 Å². The Bertz CT molecular complexity index is 1260. The third-order valence-electron chi connectivity index (χ3n) is 5.60. The van der Waals surface area contributed by atoms with E-state index in [4.69, 9.17) is 9.47 Å². The van der Waals surface area contributed by atoms with E-state index in [0.717, 1.165) is 22.7 Å². The molecule has 0 saturated carbocycles. The molecule has 0 aliphatic carbocycles. The number of hydrogen-bond donors (Lipinski definition) is 1. The molecule has 7 nitrogen and oxygen atoms in total. The third kappa shape index (κ3) is 6.76. The van der Waals surface area contributed by atoms with Gasteiger partial charge in [-0.05, 0) is 56.5 Å². The van der Waals surface area contributed by atoms with E-state index in [0.29, 0.717) is 18.0 Å². The van der Waals surface area contributed by atoms with Crippen molar-refractivity contribution in [2.75, 3.05) is 31.6 Å². The van der Waals surface area contributed by atoms with Crippen molar-refractivity contribution in [2.24, 2.45) is 0 Å². The normalized spacial score (nSPS) is 11.1. The second-order valence-electron chi connectivity index (χ2n) is 8.31. The van der Waals surface area contributed by atoms with E-state index in [1.165, 1.54) is 43.5 Å². The van der Waals surface area contributed by atoms with Crippen LogP contribution in [0.15, 0.2) is 71.6 Å². The second kappa shape index (κ2) is 11.8. The van der Waals surface area contributed by atoms with Crippen molar-refractivity contribution in [3.8, 4) is 11.5 Å². The lowest BCUT2D eigenvalue weighted by atomic mass is 10.1. The van der Waals surface area contributed by atoms with Crippen molar-refractivity contribution in [1.82, 2.24) is 5.32 Å². The topological polar surface area (TPSA) is 84.9 Å². The summed E-state index contributed by atoms with van der Waals surface area (Å²) in [6.07, 6.45) is 1.58. The van der Waals surface area contributed by atoms with Gasteiger partial charge in [0.25, 0.3) is 10.0 Å². The number of carbonyl (C=O) groups excluding carboxylic acids is 1. The summed E-state index contributed by atoms with van der Waals surface area (Å²) in [7, 11) is -1.14. The molecule has 0 aromatic heterocycles. The number of carbonyl (C=O) groups is 1.